The summed E-state index contributed by atoms with van der Waals surface area (Å²) >= 11 is 0. The average molecular weight is 325 g/mol. The van der Waals surface area contributed by atoms with Gasteiger partial charge in [0, 0.05) is 37.3 Å². The zero-order valence-corrected chi connectivity index (χ0v) is 13.4. The number of carboxylic acids is 1. The molecule has 1 aliphatic carbocycles. The number of aliphatic carboxylic acids is 1. The fraction of sp³-hybridized carbons (Fsp3) is 0.389. The predicted octanol–water partition coefficient (Wildman–Crippen LogP) is 1.73. The van der Waals surface area contributed by atoms with Crippen LogP contribution in [0.2, 0.25) is 0 Å². The number of aryl methyl sites for hydroxylation is 1. The molecule has 2 heterocycles. The standard InChI is InChI=1S/C18H19N3O3/c1-20-10-19-9-15(20)13-8-14(13)17(22)21-7-6-11-4-2-3-5-12(11)16(21)18(23)24/h2-5,9-10,13-14,16H,6-8H2,1H3,(H,23,24)/t13-,14-,16?/m1/s1. The van der Waals surface area contributed by atoms with E-state index in [0.717, 1.165) is 23.2 Å². The van der Waals surface area contributed by atoms with Gasteiger partial charge < -0.3 is 14.6 Å². The van der Waals surface area contributed by atoms with Gasteiger partial charge in [0.25, 0.3) is 0 Å². The summed E-state index contributed by atoms with van der Waals surface area (Å²) in [6, 6.07) is 6.63. The van der Waals surface area contributed by atoms with Crippen molar-refractivity contribution in [1.82, 2.24) is 14.5 Å². The van der Waals surface area contributed by atoms with Crippen LogP contribution in [0.15, 0.2) is 36.8 Å². The molecule has 6 heteroatoms. The van der Waals surface area contributed by atoms with E-state index in [1.165, 1.54) is 0 Å². The van der Waals surface area contributed by atoms with Crippen molar-refractivity contribution in [3.63, 3.8) is 0 Å². The van der Waals surface area contributed by atoms with E-state index < -0.39 is 12.0 Å². The number of imidazole rings is 1. The van der Waals surface area contributed by atoms with Crippen LogP contribution in [0.4, 0.5) is 0 Å². The van der Waals surface area contributed by atoms with E-state index in [1.807, 2.05) is 35.9 Å². The first-order chi connectivity index (χ1) is 11.6. The first-order valence-electron chi connectivity index (χ1n) is 8.15. The number of amides is 1. The average Bonchev–Trinajstić information content (AvgIpc) is 3.26. The lowest BCUT2D eigenvalue weighted by Crippen LogP contribution is -2.44. The molecule has 2 aromatic rings. The summed E-state index contributed by atoms with van der Waals surface area (Å²) in [4.78, 5) is 30.4. The molecule has 0 saturated heterocycles. The van der Waals surface area contributed by atoms with E-state index in [0.29, 0.717) is 13.0 Å². The molecule has 1 amide bonds. The quantitative estimate of drug-likeness (QED) is 0.932. The fourth-order valence-electron chi connectivity index (χ4n) is 3.80. The van der Waals surface area contributed by atoms with E-state index in [2.05, 4.69) is 4.98 Å². The number of nitrogens with zero attached hydrogens (tertiary/aromatic N) is 3. The molecule has 1 aromatic carbocycles. The van der Waals surface area contributed by atoms with Crippen molar-refractivity contribution in [2.45, 2.75) is 24.8 Å². The van der Waals surface area contributed by atoms with Crippen molar-refractivity contribution in [2.75, 3.05) is 6.54 Å². The van der Waals surface area contributed by atoms with Crippen molar-refractivity contribution in [3.8, 4) is 0 Å². The van der Waals surface area contributed by atoms with Gasteiger partial charge in [-0.2, -0.15) is 0 Å². The van der Waals surface area contributed by atoms with Gasteiger partial charge in [0.05, 0.1) is 6.33 Å². The van der Waals surface area contributed by atoms with Crippen LogP contribution in [0.3, 0.4) is 0 Å². The largest absolute Gasteiger partial charge is 0.479 e. The Hall–Kier alpha value is -2.63. The van der Waals surface area contributed by atoms with E-state index in [-0.39, 0.29) is 17.7 Å². The van der Waals surface area contributed by atoms with Gasteiger partial charge in [0.1, 0.15) is 0 Å². The number of carbonyl (C=O) groups is 2. The molecular weight excluding hydrogens is 306 g/mol. The molecule has 124 valence electrons. The van der Waals surface area contributed by atoms with E-state index >= 15 is 0 Å². The van der Waals surface area contributed by atoms with Crippen LogP contribution in [-0.4, -0.2) is 38.0 Å². The SMILES string of the molecule is Cn1cncc1[C@@H]1C[C@H]1C(=O)N1CCc2ccccc2C1C(=O)O. The molecule has 1 aliphatic heterocycles. The van der Waals surface area contributed by atoms with Crippen molar-refractivity contribution in [3.05, 3.63) is 53.6 Å². The Labute approximate surface area is 139 Å². The monoisotopic (exact) mass is 325 g/mol. The van der Waals surface area contributed by atoms with Gasteiger partial charge in [-0.3, -0.25) is 4.79 Å². The molecule has 1 N–H and O–H groups in total. The number of hydrogen-bond donors (Lipinski definition) is 1. The zero-order chi connectivity index (χ0) is 16.8. The minimum Gasteiger partial charge on any atom is -0.479 e. The van der Waals surface area contributed by atoms with Gasteiger partial charge in [0.2, 0.25) is 5.91 Å². The number of aromatic nitrogens is 2. The highest BCUT2D eigenvalue weighted by Gasteiger charge is 2.49. The summed E-state index contributed by atoms with van der Waals surface area (Å²) in [6.07, 6.45) is 4.99. The molecule has 4 rings (SSSR count). The topological polar surface area (TPSA) is 75.4 Å². The van der Waals surface area contributed by atoms with Crippen LogP contribution >= 0.6 is 0 Å². The molecule has 0 spiro atoms. The van der Waals surface area contributed by atoms with Crippen LogP contribution in [0, 0.1) is 5.92 Å². The minimum absolute atomic E-state index is 0.0527. The van der Waals surface area contributed by atoms with Crippen LogP contribution in [0.25, 0.3) is 0 Å². The first-order valence-corrected chi connectivity index (χ1v) is 8.15. The zero-order valence-electron chi connectivity index (χ0n) is 13.4. The van der Waals surface area contributed by atoms with Crippen LogP contribution in [0.1, 0.15) is 35.2 Å². The first kappa shape index (κ1) is 14.9. The predicted molar refractivity (Wildman–Crippen MR) is 86.3 cm³/mol. The Kier molecular flexibility index (Phi) is 3.40. The fourth-order valence-corrected chi connectivity index (χ4v) is 3.80. The maximum absolute atomic E-state index is 12.9. The highest BCUT2D eigenvalue weighted by molar-refractivity contribution is 5.89. The molecule has 3 atom stereocenters. The number of benzene rings is 1. The molecule has 1 aromatic heterocycles. The second kappa shape index (κ2) is 5.47. The van der Waals surface area contributed by atoms with Crippen molar-refractivity contribution >= 4 is 11.9 Å². The Bertz CT molecular complexity index is 813. The Morgan fingerprint density at radius 2 is 2.08 bits per heavy atom. The second-order valence-electron chi connectivity index (χ2n) is 6.60. The summed E-state index contributed by atoms with van der Waals surface area (Å²) < 4.78 is 1.93. The molecule has 0 bridgehead atoms. The summed E-state index contributed by atoms with van der Waals surface area (Å²) in [7, 11) is 1.92. The second-order valence-corrected chi connectivity index (χ2v) is 6.60. The molecule has 0 radical (unpaired) electrons. The van der Waals surface area contributed by atoms with Gasteiger partial charge in [0.15, 0.2) is 6.04 Å². The van der Waals surface area contributed by atoms with Crippen molar-refractivity contribution in [1.29, 1.82) is 0 Å². The third kappa shape index (κ3) is 2.29. The van der Waals surface area contributed by atoms with E-state index in [1.54, 1.807) is 17.4 Å². The third-order valence-corrected chi connectivity index (χ3v) is 5.14. The smallest absolute Gasteiger partial charge is 0.331 e. The lowest BCUT2D eigenvalue weighted by molar-refractivity contribution is -0.151. The normalized spacial score (nSPS) is 25.2. The Balaban J connectivity index is 1.59. The number of fused-ring (bicyclic) bond motifs is 1. The van der Waals surface area contributed by atoms with Gasteiger partial charge in [-0.15, -0.1) is 0 Å². The number of rotatable bonds is 3. The summed E-state index contributed by atoms with van der Waals surface area (Å²) in [5.41, 5.74) is 2.80. The number of carbonyl (C=O) groups excluding carboxylic acids is 1. The lowest BCUT2D eigenvalue weighted by Gasteiger charge is -2.35. The Morgan fingerprint density at radius 3 is 2.79 bits per heavy atom. The molecule has 2 aliphatic rings. The van der Waals surface area contributed by atoms with Gasteiger partial charge in [-0.25, -0.2) is 9.78 Å². The minimum atomic E-state index is -0.965. The highest BCUT2D eigenvalue weighted by atomic mass is 16.4. The van der Waals surface area contributed by atoms with Crippen molar-refractivity contribution in [2.24, 2.45) is 13.0 Å². The van der Waals surface area contributed by atoms with E-state index in [9.17, 15) is 14.7 Å². The molecular formula is C18H19N3O3. The summed E-state index contributed by atoms with van der Waals surface area (Å²) in [5, 5.41) is 9.69. The summed E-state index contributed by atoms with van der Waals surface area (Å²) in [6.45, 7) is 0.460. The number of carboxylic acid groups (broad SMARTS) is 1. The van der Waals surface area contributed by atoms with E-state index in [4.69, 9.17) is 0 Å². The molecule has 6 nitrogen and oxygen atoms in total. The maximum atomic E-state index is 12.9. The van der Waals surface area contributed by atoms with Crippen LogP contribution in [-0.2, 0) is 23.1 Å². The molecule has 1 saturated carbocycles. The lowest BCUT2D eigenvalue weighted by atomic mass is 9.92. The van der Waals surface area contributed by atoms with Gasteiger partial charge in [-0.1, -0.05) is 24.3 Å². The van der Waals surface area contributed by atoms with Crippen LogP contribution in [0.5, 0.6) is 0 Å². The van der Waals surface area contributed by atoms with Crippen LogP contribution < -0.4 is 0 Å². The third-order valence-electron chi connectivity index (χ3n) is 5.14. The van der Waals surface area contributed by atoms with Crippen molar-refractivity contribution < 1.29 is 14.7 Å². The maximum Gasteiger partial charge on any atom is 0.331 e. The molecule has 24 heavy (non-hydrogen) atoms. The molecule has 1 fully saturated rings. The summed E-state index contributed by atoms with van der Waals surface area (Å²) in [5.74, 6) is -1.000. The van der Waals surface area contributed by atoms with Gasteiger partial charge in [-0.05, 0) is 24.0 Å². The Morgan fingerprint density at radius 1 is 1.29 bits per heavy atom. The number of hydrogen-bond acceptors (Lipinski definition) is 3. The van der Waals surface area contributed by atoms with Gasteiger partial charge >= 0.3 is 5.97 Å². The molecule has 1 unspecified atom stereocenters. The highest BCUT2D eigenvalue weighted by Crippen LogP contribution is 2.49.